The lowest BCUT2D eigenvalue weighted by Gasteiger charge is -2.11. The first-order chi connectivity index (χ1) is 13.0. The van der Waals surface area contributed by atoms with Crippen LogP contribution < -0.4 is 14.8 Å². The molecule has 2 aromatic carbocycles. The second-order valence-corrected chi connectivity index (χ2v) is 7.71. The van der Waals surface area contributed by atoms with Gasteiger partial charge in [-0.25, -0.2) is 0 Å². The van der Waals surface area contributed by atoms with Crippen LogP contribution in [0.3, 0.4) is 0 Å². The molecular weight excluding hydrogens is 406 g/mol. The van der Waals surface area contributed by atoms with Gasteiger partial charge in [0.15, 0.2) is 0 Å². The zero-order valence-corrected chi connectivity index (χ0v) is 17.8. The van der Waals surface area contributed by atoms with Crippen LogP contribution in [-0.2, 0) is 0 Å². The number of halogens is 1. The molecule has 0 saturated carbocycles. The Balaban J connectivity index is 1.97. The fraction of sp³-hybridized carbons (Fsp3) is 0.409. The minimum Gasteiger partial charge on any atom is -0.494 e. The van der Waals surface area contributed by atoms with E-state index in [-0.39, 0.29) is 5.91 Å². The summed E-state index contributed by atoms with van der Waals surface area (Å²) in [5.74, 6) is 1.94. The molecule has 2 rings (SSSR count). The predicted molar refractivity (Wildman–Crippen MR) is 114 cm³/mol. The van der Waals surface area contributed by atoms with E-state index in [1.165, 1.54) is 0 Å². The lowest BCUT2D eigenvalue weighted by Crippen LogP contribution is -2.12. The predicted octanol–water partition coefficient (Wildman–Crippen LogP) is 6.31. The minimum absolute atomic E-state index is 0.171. The Morgan fingerprint density at radius 1 is 1.11 bits per heavy atom. The smallest absolute Gasteiger partial charge is 0.255 e. The second-order valence-electron chi connectivity index (χ2n) is 6.86. The fourth-order valence-corrected chi connectivity index (χ4v) is 2.86. The zero-order chi connectivity index (χ0) is 19.6. The Labute approximate surface area is 170 Å². The topological polar surface area (TPSA) is 47.6 Å². The number of hydrogen-bond acceptors (Lipinski definition) is 3. The van der Waals surface area contributed by atoms with Crippen LogP contribution in [0.15, 0.2) is 46.9 Å². The molecule has 0 spiro atoms. The molecule has 5 heteroatoms. The van der Waals surface area contributed by atoms with E-state index in [0.29, 0.717) is 30.4 Å². The molecule has 0 aliphatic carbocycles. The standard InChI is InChI=1S/C22H28BrNO3/c1-4-5-12-27-21-10-9-17(14-20(21)23)22(25)24-18-7-6-8-19(15-18)26-13-11-16(2)3/h6-10,14-16H,4-5,11-13H2,1-3H3,(H,24,25). The molecule has 1 amide bonds. The van der Waals surface area contributed by atoms with Crippen molar-refractivity contribution < 1.29 is 14.3 Å². The number of benzene rings is 2. The molecule has 146 valence electrons. The SMILES string of the molecule is CCCCOc1ccc(C(=O)Nc2cccc(OCCC(C)C)c2)cc1Br. The summed E-state index contributed by atoms with van der Waals surface area (Å²) < 4.78 is 12.2. The van der Waals surface area contributed by atoms with Crippen molar-refractivity contribution in [3.8, 4) is 11.5 Å². The van der Waals surface area contributed by atoms with Crippen LogP contribution in [0.25, 0.3) is 0 Å². The molecule has 0 atom stereocenters. The van der Waals surface area contributed by atoms with Gasteiger partial charge in [0.25, 0.3) is 5.91 Å². The van der Waals surface area contributed by atoms with E-state index in [1.807, 2.05) is 30.3 Å². The molecule has 0 saturated heterocycles. The monoisotopic (exact) mass is 433 g/mol. The number of nitrogens with one attached hydrogen (secondary N) is 1. The van der Waals surface area contributed by atoms with Crippen molar-refractivity contribution >= 4 is 27.5 Å². The van der Waals surface area contributed by atoms with Crippen molar-refractivity contribution in [2.24, 2.45) is 5.92 Å². The maximum absolute atomic E-state index is 12.5. The van der Waals surface area contributed by atoms with Crippen molar-refractivity contribution in [1.82, 2.24) is 0 Å². The largest absolute Gasteiger partial charge is 0.494 e. The highest BCUT2D eigenvalue weighted by atomic mass is 79.9. The van der Waals surface area contributed by atoms with Gasteiger partial charge < -0.3 is 14.8 Å². The summed E-state index contributed by atoms with van der Waals surface area (Å²) in [4.78, 5) is 12.5. The lowest BCUT2D eigenvalue weighted by molar-refractivity contribution is 0.102. The van der Waals surface area contributed by atoms with Crippen LogP contribution in [0.4, 0.5) is 5.69 Å². The molecule has 1 N–H and O–H groups in total. The molecule has 0 aliphatic heterocycles. The third-order valence-electron chi connectivity index (χ3n) is 4.01. The molecular formula is C22H28BrNO3. The molecule has 0 unspecified atom stereocenters. The molecule has 0 bridgehead atoms. The summed E-state index contributed by atoms with van der Waals surface area (Å²) in [7, 11) is 0. The number of anilines is 1. The van der Waals surface area contributed by atoms with Gasteiger partial charge in [0.2, 0.25) is 0 Å². The Hall–Kier alpha value is -2.01. The Kier molecular flexibility index (Phi) is 8.65. The van der Waals surface area contributed by atoms with Crippen molar-refractivity contribution in [2.75, 3.05) is 18.5 Å². The van der Waals surface area contributed by atoms with Gasteiger partial charge in [-0.1, -0.05) is 33.3 Å². The van der Waals surface area contributed by atoms with Crippen LogP contribution in [0.5, 0.6) is 11.5 Å². The van der Waals surface area contributed by atoms with Gasteiger partial charge in [-0.05, 0) is 65.0 Å². The molecule has 4 nitrogen and oxygen atoms in total. The van der Waals surface area contributed by atoms with E-state index in [9.17, 15) is 4.79 Å². The molecule has 0 aliphatic rings. The van der Waals surface area contributed by atoms with Crippen molar-refractivity contribution in [1.29, 1.82) is 0 Å². The summed E-state index contributed by atoms with van der Waals surface area (Å²) in [5.41, 5.74) is 1.28. The lowest BCUT2D eigenvalue weighted by atomic mass is 10.1. The van der Waals surface area contributed by atoms with Crippen molar-refractivity contribution in [2.45, 2.75) is 40.0 Å². The van der Waals surface area contributed by atoms with Crippen LogP contribution in [0.1, 0.15) is 50.4 Å². The van der Waals surface area contributed by atoms with E-state index >= 15 is 0 Å². The van der Waals surface area contributed by atoms with E-state index < -0.39 is 0 Å². The summed E-state index contributed by atoms with van der Waals surface area (Å²) in [6.45, 7) is 7.79. The highest BCUT2D eigenvalue weighted by Crippen LogP contribution is 2.27. The molecule has 0 heterocycles. The number of carbonyl (C=O) groups is 1. The number of unbranched alkanes of at least 4 members (excludes halogenated alkanes) is 1. The molecule has 0 radical (unpaired) electrons. The number of carbonyl (C=O) groups excluding carboxylic acids is 1. The average Bonchev–Trinajstić information content (AvgIpc) is 2.63. The first kappa shape index (κ1) is 21.3. The summed E-state index contributed by atoms with van der Waals surface area (Å²) in [6.07, 6.45) is 3.08. The van der Waals surface area contributed by atoms with Gasteiger partial charge in [0.1, 0.15) is 11.5 Å². The van der Waals surface area contributed by atoms with Crippen LogP contribution in [-0.4, -0.2) is 19.1 Å². The molecule has 27 heavy (non-hydrogen) atoms. The molecule has 2 aromatic rings. The van der Waals surface area contributed by atoms with Gasteiger partial charge in [-0.3, -0.25) is 4.79 Å². The van der Waals surface area contributed by atoms with Gasteiger partial charge in [-0.2, -0.15) is 0 Å². The minimum atomic E-state index is -0.171. The maximum atomic E-state index is 12.5. The first-order valence-electron chi connectivity index (χ1n) is 9.46. The third-order valence-corrected chi connectivity index (χ3v) is 4.63. The second kappa shape index (κ2) is 11.0. The van der Waals surface area contributed by atoms with E-state index in [0.717, 1.165) is 35.2 Å². The number of ether oxygens (including phenoxy) is 2. The van der Waals surface area contributed by atoms with Gasteiger partial charge >= 0.3 is 0 Å². The average molecular weight is 434 g/mol. The number of rotatable bonds is 10. The number of hydrogen-bond donors (Lipinski definition) is 1. The summed E-state index contributed by atoms with van der Waals surface area (Å²) in [5, 5.41) is 2.92. The fourth-order valence-electron chi connectivity index (χ4n) is 2.36. The van der Waals surface area contributed by atoms with Crippen molar-refractivity contribution in [3.05, 3.63) is 52.5 Å². The van der Waals surface area contributed by atoms with Crippen LogP contribution >= 0.6 is 15.9 Å². The van der Waals surface area contributed by atoms with Crippen LogP contribution in [0.2, 0.25) is 0 Å². The molecule has 0 aromatic heterocycles. The number of amides is 1. The Morgan fingerprint density at radius 3 is 2.63 bits per heavy atom. The van der Waals surface area contributed by atoms with Gasteiger partial charge in [-0.15, -0.1) is 0 Å². The quantitative estimate of drug-likeness (QED) is 0.446. The highest BCUT2D eigenvalue weighted by molar-refractivity contribution is 9.10. The third kappa shape index (κ3) is 7.25. The highest BCUT2D eigenvalue weighted by Gasteiger charge is 2.10. The Bertz CT molecular complexity index is 746. The summed E-state index contributed by atoms with van der Waals surface area (Å²) in [6, 6.07) is 12.8. The van der Waals surface area contributed by atoms with Crippen molar-refractivity contribution in [3.63, 3.8) is 0 Å². The molecule has 0 fully saturated rings. The Morgan fingerprint density at radius 2 is 1.93 bits per heavy atom. The van der Waals surface area contributed by atoms with Gasteiger partial charge in [0, 0.05) is 17.3 Å². The van der Waals surface area contributed by atoms with Gasteiger partial charge in [0.05, 0.1) is 17.7 Å². The zero-order valence-electron chi connectivity index (χ0n) is 16.3. The van der Waals surface area contributed by atoms with E-state index in [1.54, 1.807) is 12.1 Å². The normalized spacial score (nSPS) is 10.7. The van der Waals surface area contributed by atoms with E-state index in [2.05, 4.69) is 42.0 Å². The first-order valence-corrected chi connectivity index (χ1v) is 10.3. The van der Waals surface area contributed by atoms with E-state index in [4.69, 9.17) is 9.47 Å². The maximum Gasteiger partial charge on any atom is 0.255 e. The summed E-state index contributed by atoms with van der Waals surface area (Å²) >= 11 is 3.48. The van der Waals surface area contributed by atoms with Crippen LogP contribution in [0, 0.1) is 5.92 Å².